The van der Waals surface area contributed by atoms with E-state index in [0.29, 0.717) is 0 Å². The molecule has 51 heavy (non-hydrogen) atoms. The lowest BCUT2D eigenvalue weighted by Gasteiger charge is -2.10. The Labute approximate surface area is 300 Å². The molecule has 3 heteroatoms. The first-order valence-electron chi connectivity index (χ1n) is 17.6. The van der Waals surface area contributed by atoms with Gasteiger partial charge in [0, 0.05) is 53.6 Å². The van der Waals surface area contributed by atoms with E-state index >= 15 is 0 Å². The summed E-state index contributed by atoms with van der Waals surface area (Å²) in [6.45, 7) is 4.06. The lowest BCUT2D eigenvalue weighted by Crippen LogP contribution is -1.92. The second-order valence-electron chi connectivity index (χ2n) is 13.2. The SMILES string of the molecule is C=C/C=C(\C=C\n1c2ccccc2c2c3sc4c(ccc5c4c4ccccc4n5-c4ccccc4)c3ccc21)c1cccc(C2=CCCC=C2)c1. The standard InChI is InChI=1S/C48H34N2S/c1-2-14-32(34-17-13-18-35(31-34)33-15-5-3-6-16-33)29-30-49-41-23-11-9-21-39(41)45-43(49)27-25-37-38-26-28-44-46(48(38)51-47(37)45)40-22-10-12-24-42(40)50(44)36-19-7-4-8-20-36/h2,4-5,7-31H,1,3,6H2/b30-29+,32-14+. The zero-order valence-electron chi connectivity index (χ0n) is 28.1. The number of hydrogen-bond acceptors (Lipinski definition) is 1. The molecule has 1 aliphatic carbocycles. The molecule has 0 fully saturated rings. The number of aromatic nitrogens is 2. The van der Waals surface area contributed by atoms with Crippen molar-refractivity contribution in [1.82, 2.24) is 9.13 Å². The van der Waals surface area contributed by atoms with Crippen molar-refractivity contribution in [2.75, 3.05) is 0 Å². The van der Waals surface area contributed by atoms with Crippen LogP contribution < -0.4 is 0 Å². The van der Waals surface area contributed by atoms with Gasteiger partial charge in [0.25, 0.3) is 0 Å². The third-order valence-corrected chi connectivity index (χ3v) is 11.6. The first kappa shape index (κ1) is 29.7. The summed E-state index contributed by atoms with van der Waals surface area (Å²) in [5.41, 5.74) is 10.9. The Morgan fingerprint density at radius 3 is 2.10 bits per heavy atom. The number of para-hydroxylation sites is 3. The molecule has 0 aliphatic heterocycles. The average Bonchev–Trinajstić information content (AvgIpc) is 3.85. The van der Waals surface area contributed by atoms with E-state index in [4.69, 9.17) is 0 Å². The fraction of sp³-hybridized carbons (Fsp3) is 0.0417. The van der Waals surface area contributed by atoms with Crippen molar-refractivity contribution in [3.05, 3.63) is 182 Å². The van der Waals surface area contributed by atoms with Crippen molar-refractivity contribution < 1.29 is 0 Å². The molecule has 6 aromatic carbocycles. The van der Waals surface area contributed by atoms with Crippen LogP contribution in [-0.4, -0.2) is 9.13 Å². The van der Waals surface area contributed by atoms with Gasteiger partial charge in [-0.1, -0.05) is 122 Å². The smallest absolute Gasteiger partial charge is 0.0555 e. The molecule has 3 aromatic heterocycles. The molecule has 0 spiro atoms. The van der Waals surface area contributed by atoms with Crippen LogP contribution in [0, 0.1) is 0 Å². The molecule has 3 heterocycles. The summed E-state index contributed by atoms with van der Waals surface area (Å²) in [5, 5.41) is 7.81. The zero-order chi connectivity index (χ0) is 33.9. The van der Waals surface area contributed by atoms with Crippen molar-refractivity contribution >= 4 is 92.5 Å². The van der Waals surface area contributed by atoms with Crippen LogP contribution in [0.1, 0.15) is 24.0 Å². The van der Waals surface area contributed by atoms with Crippen LogP contribution in [-0.2, 0) is 0 Å². The number of allylic oxidation sites excluding steroid dienone is 8. The minimum absolute atomic E-state index is 1.09. The monoisotopic (exact) mass is 670 g/mol. The van der Waals surface area contributed by atoms with E-state index < -0.39 is 0 Å². The Hall–Kier alpha value is -6.16. The van der Waals surface area contributed by atoms with Crippen molar-refractivity contribution in [2.45, 2.75) is 12.8 Å². The number of thiophene rings is 1. The first-order chi connectivity index (χ1) is 25.3. The van der Waals surface area contributed by atoms with E-state index in [1.807, 2.05) is 17.4 Å². The van der Waals surface area contributed by atoms with Crippen LogP contribution in [0.3, 0.4) is 0 Å². The Morgan fingerprint density at radius 2 is 1.33 bits per heavy atom. The van der Waals surface area contributed by atoms with Gasteiger partial charge in [0.2, 0.25) is 0 Å². The maximum Gasteiger partial charge on any atom is 0.0555 e. The Morgan fingerprint density at radius 1 is 0.627 bits per heavy atom. The van der Waals surface area contributed by atoms with Crippen molar-refractivity contribution in [1.29, 1.82) is 0 Å². The predicted molar refractivity (Wildman–Crippen MR) is 223 cm³/mol. The van der Waals surface area contributed by atoms with E-state index in [-0.39, 0.29) is 0 Å². The normalized spacial score (nSPS) is 13.9. The van der Waals surface area contributed by atoms with Crippen LogP contribution in [0.4, 0.5) is 0 Å². The van der Waals surface area contributed by atoms with E-state index in [0.717, 1.165) is 18.4 Å². The van der Waals surface area contributed by atoms with Gasteiger partial charge in [0.1, 0.15) is 0 Å². The van der Waals surface area contributed by atoms with Gasteiger partial charge in [-0.25, -0.2) is 0 Å². The van der Waals surface area contributed by atoms with Crippen LogP contribution in [0.5, 0.6) is 0 Å². The maximum absolute atomic E-state index is 4.06. The van der Waals surface area contributed by atoms with Gasteiger partial charge in [-0.05, 0) is 83.7 Å². The fourth-order valence-electron chi connectivity index (χ4n) is 8.08. The fourth-order valence-corrected chi connectivity index (χ4v) is 9.49. The maximum atomic E-state index is 4.06. The summed E-state index contributed by atoms with van der Waals surface area (Å²) >= 11 is 1.93. The van der Waals surface area contributed by atoms with Crippen molar-refractivity contribution in [3.63, 3.8) is 0 Å². The Kier molecular flexibility index (Phi) is 7.00. The van der Waals surface area contributed by atoms with Gasteiger partial charge < -0.3 is 9.13 Å². The summed E-state index contributed by atoms with van der Waals surface area (Å²) < 4.78 is 7.44. The van der Waals surface area contributed by atoms with Gasteiger partial charge in [-0.2, -0.15) is 0 Å². The highest BCUT2D eigenvalue weighted by molar-refractivity contribution is 7.27. The summed E-state index contributed by atoms with van der Waals surface area (Å²) in [6.07, 6.45) is 17.5. The molecule has 0 radical (unpaired) electrons. The summed E-state index contributed by atoms with van der Waals surface area (Å²) in [5.74, 6) is 0. The van der Waals surface area contributed by atoms with Crippen LogP contribution in [0.15, 0.2) is 170 Å². The molecule has 0 N–H and O–H groups in total. The molecule has 0 atom stereocenters. The molecular formula is C48H34N2S. The molecule has 0 saturated carbocycles. The first-order valence-corrected chi connectivity index (χ1v) is 18.4. The predicted octanol–water partition coefficient (Wildman–Crippen LogP) is 13.7. The Bertz CT molecular complexity index is 2970. The number of hydrogen-bond donors (Lipinski definition) is 0. The third-order valence-electron chi connectivity index (χ3n) is 10.4. The number of fused-ring (bicyclic) bond motifs is 11. The van der Waals surface area contributed by atoms with E-state index in [1.165, 1.54) is 86.2 Å². The third kappa shape index (κ3) is 4.70. The largest absolute Gasteiger partial charge is 0.316 e. The van der Waals surface area contributed by atoms with Gasteiger partial charge in [-0.15, -0.1) is 11.3 Å². The van der Waals surface area contributed by atoms with E-state index in [1.54, 1.807) is 0 Å². The molecule has 242 valence electrons. The second kappa shape index (κ2) is 12.0. The molecule has 0 amide bonds. The Balaban J connectivity index is 1.18. The zero-order valence-corrected chi connectivity index (χ0v) is 28.9. The van der Waals surface area contributed by atoms with E-state index in [2.05, 4.69) is 180 Å². The highest BCUT2D eigenvalue weighted by Crippen LogP contribution is 2.47. The molecule has 1 aliphatic rings. The molecular weight excluding hydrogens is 637 g/mol. The minimum atomic E-state index is 1.09. The van der Waals surface area contributed by atoms with Gasteiger partial charge in [0.05, 0.1) is 22.1 Å². The molecule has 0 saturated heterocycles. The average molecular weight is 671 g/mol. The van der Waals surface area contributed by atoms with Crippen LogP contribution >= 0.6 is 11.3 Å². The minimum Gasteiger partial charge on any atom is -0.316 e. The van der Waals surface area contributed by atoms with Gasteiger partial charge in [-0.3, -0.25) is 0 Å². The van der Waals surface area contributed by atoms with Crippen LogP contribution in [0.2, 0.25) is 0 Å². The van der Waals surface area contributed by atoms with Gasteiger partial charge >= 0.3 is 0 Å². The summed E-state index contributed by atoms with van der Waals surface area (Å²) in [7, 11) is 0. The second-order valence-corrected chi connectivity index (χ2v) is 14.3. The lowest BCUT2D eigenvalue weighted by molar-refractivity contribution is 1.04. The molecule has 2 nitrogen and oxygen atoms in total. The number of benzene rings is 6. The summed E-state index contributed by atoms with van der Waals surface area (Å²) in [4.78, 5) is 0. The van der Waals surface area contributed by atoms with Crippen molar-refractivity contribution in [3.8, 4) is 5.69 Å². The number of nitrogens with zero attached hydrogens (tertiary/aromatic N) is 2. The van der Waals surface area contributed by atoms with Crippen LogP contribution in [0.25, 0.3) is 86.8 Å². The highest BCUT2D eigenvalue weighted by Gasteiger charge is 2.20. The molecule has 0 unspecified atom stereocenters. The number of rotatable bonds is 6. The molecule has 10 rings (SSSR count). The quantitative estimate of drug-likeness (QED) is 0.156. The lowest BCUT2D eigenvalue weighted by atomic mass is 9.95. The van der Waals surface area contributed by atoms with Crippen molar-refractivity contribution in [2.24, 2.45) is 0 Å². The summed E-state index contributed by atoms with van der Waals surface area (Å²) in [6, 6.07) is 46.5. The topological polar surface area (TPSA) is 9.86 Å². The van der Waals surface area contributed by atoms with Gasteiger partial charge in [0.15, 0.2) is 0 Å². The van der Waals surface area contributed by atoms with E-state index in [9.17, 15) is 0 Å². The highest BCUT2D eigenvalue weighted by atomic mass is 32.1. The molecule has 0 bridgehead atoms. The molecule has 9 aromatic rings.